The maximum atomic E-state index is 15.6. The Hall–Kier alpha value is -4.42. The maximum Gasteiger partial charge on any atom is 0.337 e. The molecule has 3 aromatic heterocycles. The molecule has 0 spiro atoms. The van der Waals surface area contributed by atoms with Crippen molar-refractivity contribution >= 4 is 32.9 Å². The molecular formula is C32H27BrF2N4O5. The number of halogens is 3. The fourth-order valence-electron chi connectivity index (χ4n) is 5.00. The number of aromatic nitrogens is 4. The summed E-state index contributed by atoms with van der Waals surface area (Å²) in [4.78, 5) is 25.5. The first-order valence-electron chi connectivity index (χ1n) is 13.8. The summed E-state index contributed by atoms with van der Waals surface area (Å²) in [6.45, 7) is 1.20. The van der Waals surface area contributed by atoms with Crippen molar-refractivity contribution in [2.75, 3.05) is 20.8 Å². The Morgan fingerprint density at radius 2 is 1.93 bits per heavy atom. The fourth-order valence-corrected chi connectivity index (χ4v) is 5.31. The number of ether oxygens (including phenoxy) is 4. The van der Waals surface area contributed by atoms with Crippen molar-refractivity contribution in [1.29, 1.82) is 0 Å². The monoisotopic (exact) mass is 664 g/mol. The van der Waals surface area contributed by atoms with E-state index in [-0.39, 0.29) is 41.8 Å². The van der Waals surface area contributed by atoms with Crippen LogP contribution in [0.1, 0.15) is 33.9 Å². The van der Waals surface area contributed by atoms with Crippen LogP contribution in [0.15, 0.2) is 65.3 Å². The number of benzene rings is 2. The number of fused-ring (bicyclic) bond motifs is 1. The largest absolute Gasteiger partial charge is 0.495 e. The lowest BCUT2D eigenvalue weighted by atomic mass is 10.0. The average molecular weight is 665 g/mol. The fraction of sp³-hybridized carbons (Fsp3) is 0.250. The van der Waals surface area contributed by atoms with Crippen LogP contribution in [0.4, 0.5) is 8.78 Å². The molecule has 0 radical (unpaired) electrons. The van der Waals surface area contributed by atoms with E-state index in [4.69, 9.17) is 23.9 Å². The van der Waals surface area contributed by atoms with Crippen LogP contribution in [0.3, 0.4) is 0 Å². The number of carbonyl (C=O) groups is 1. The van der Waals surface area contributed by atoms with Gasteiger partial charge in [-0.3, -0.25) is 4.98 Å². The summed E-state index contributed by atoms with van der Waals surface area (Å²) in [5.41, 5.74) is 2.58. The number of nitrogens with zero attached hydrogens (tertiary/aromatic N) is 4. The molecular weight excluding hydrogens is 638 g/mol. The minimum absolute atomic E-state index is 0.00450. The number of imidazole rings is 1. The molecule has 9 nitrogen and oxygen atoms in total. The molecule has 6 rings (SSSR count). The highest BCUT2D eigenvalue weighted by Gasteiger charge is 2.24. The van der Waals surface area contributed by atoms with Crippen molar-refractivity contribution in [3.63, 3.8) is 0 Å². The summed E-state index contributed by atoms with van der Waals surface area (Å²) < 4.78 is 55.4. The van der Waals surface area contributed by atoms with Crippen LogP contribution >= 0.6 is 15.9 Å². The molecule has 1 atom stereocenters. The molecule has 44 heavy (non-hydrogen) atoms. The summed E-state index contributed by atoms with van der Waals surface area (Å²) in [7, 11) is 2.85. The van der Waals surface area contributed by atoms with E-state index < -0.39 is 17.6 Å². The van der Waals surface area contributed by atoms with Gasteiger partial charge in [-0.15, -0.1) is 0 Å². The Kier molecular flexibility index (Phi) is 8.53. The van der Waals surface area contributed by atoms with E-state index in [9.17, 15) is 4.79 Å². The molecule has 2 aromatic carbocycles. The van der Waals surface area contributed by atoms with Gasteiger partial charge in [-0.1, -0.05) is 6.07 Å². The van der Waals surface area contributed by atoms with Gasteiger partial charge in [0.2, 0.25) is 5.88 Å². The SMILES string of the molecule is COC(=O)c1ccc2nc(Cc3cc(F)c(-c4cccc(OCc5ncc(Br)cc5OC)n4)cc3F)n(C[C@@H]3CCO3)c2c1. The lowest BCUT2D eigenvalue weighted by Gasteiger charge is -2.27. The van der Waals surface area contributed by atoms with Crippen LogP contribution in [0, 0.1) is 11.6 Å². The number of carbonyl (C=O) groups excluding carboxylic acids is 1. The number of pyridine rings is 2. The van der Waals surface area contributed by atoms with E-state index in [0.717, 1.165) is 17.0 Å². The molecule has 1 fully saturated rings. The van der Waals surface area contributed by atoms with Crippen molar-refractivity contribution in [2.24, 2.45) is 0 Å². The molecule has 0 amide bonds. The lowest BCUT2D eigenvalue weighted by molar-refractivity contribution is -0.0589. The van der Waals surface area contributed by atoms with Gasteiger partial charge in [0.05, 0.1) is 49.2 Å². The second kappa shape index (κ2) is 12.7. The summed E-state index contributed by atoms with van der Waals surface area (Å²) in [5.74, 6) is -0.438. The molecule has 1 aliphatic rings. The van der Waals surface area contributed by atoms with Crippen molar-refractivity contribution in [1.82, 2.24) is 19.5 Å². The van der Waals surface area contributed by atoms with Crippen molar-refractivity contribution < 1.29 is 32.5 Å². The van der Waals surface area contributed by atoms with Gasteiger partial charge in [-0.2, -0.15) is 0 Å². The Balaban J connectivity index is 1.26. The minimum atomic E-state index is -0.639. The first-order chi connectivity index (χ1) is 21.3. The second-order valence-corrected chi connectivity index (χ2v) is 11.1. The van der Waals surface area contributed by atoms with Crippen molar-refractivity contribution in [2.45, 2.75) is 32.1 Å². The highest BCUT2D eigenvalue weighted by atomic mass is 79.9. The van der Waals surface area contributed by atoms with E-state index in [1.807, 2.05) is 4.57 Å². The van der Waals surface area contributed by atoms with Crippen molar-refractivity contribution in [3.8, 4) is 22.9 Å². The lowest BCUT2D eigenvalue weighted by Crippen LogP contribution is -2.31. The Morgan fingerprint density at radius 1 is 1.09 bits per heavy atom. The number of hydrogen-bond donors (Lipinski definition) is 0. The van der Waals surface area contributed by atoms with Crippen molar-refractivity contribution in [3.05, 3.63) is 99.5 Å². The van der Waals surface area contributed by atoms with Gasteiger partial charge in [0.1, 0.15) is 35.5 Å². The smallest absolute Gasteiger partial charge is 0.337 e. The van der Waals surface area contributed by atoms with Gasteiger partial charge in [-0.25, -0.2) is 23.5 Å². The van der Waals surface area contributed by atoms with E-state index >= 15 is 8.78 Å². The van der Waals surface area contributed by atoms with Crippen LogP contribution in [0.2, 0.25) is 0 Å². The van der Waals surface area contributed by atoms with Gasteiger partial charge in [0.15, 0.2) is 0 Å². The van der Waals surface area contributed by atoms with Crippen LogP contribution in [0.25, 0.3) is 22.3 Å². The quantitative estimate of drug-likeness (QED) is 0.161. The highest BCUT2D eigenvalue weighted by Crippen LogP contribution is 2.29. The molecule has 0 unspecified atom stereocenters. The van der Waals surface area contributed by atoms with Crippen LogP contribution < -0.4 is 9.47 Å². The predicted molar refractivity (Wildman–Crippen MR) is 161 cm³/mol. The zero-order chi connectivity index (χ0) is 30.8. The van der Waals surface area contributed by atoms with Gasteiger partial charge in [0.25, 0.3) is 0 Å². The molecule has 0 bridgehead atoms. The third-order valence-electron chi connectivity index (χ3n) is 7.39. The van der Waals surface area contributed by atoms with Crippen LogP contribution in [-0.4, -0.2) is 52.4 Å². The van der Waals surface area contributed by atoms with E-state index in [1.54, 1.807) is 48.7 Å². The Bertz CT molecular complexity index is 1860. The Labute approximate surface area is 259 Å². The number of rotatable bonds is 10. The molecule has 0 saturated carbocycles. The second-order valence-electron chi connectivity index (χ2n) is 10.2. The number of esters is 1. The molecule has 1 aliphatic heterocycles. The first-order valence-corrected chi connectivity index (χ1v) is 14.6. The summed E-state index contributed by atoms with van der Waals surface area (Å²) in [5, 5.41) is 0. The third kappa shape index (κ3) is 6.13. The standard InChI is InChI=1S/C32H27BrF2N4O5/c1-41-29-13-20(33)15-36-27(29)17-44-31-5-3-4-25(38-31)22-14-23(34)19(10-24(22)35)12-30-37-26-7-6-18(32(40)42-2)11-28(26)39(30)16-21-8-9-43-21/h3-7,10-11,13-15,21H,8-9,12,16-17H2,1-2H3/t21-/m0/s1. The average Bonchev–Trinajstić information content (AvgIpc) is 3.35. The highest BCUT2D eigenvalue weighted by molar-refractivity contribution is 9.10. The zero-order valence-corrected chi connectivity index (χ0v) is 25.4. The summed E-state index contributed by atoms with van der Waals surface area (Å²) >= 11 is 3.35. The topological polar surface area (TPSA) is 97.6 Å². The van der Waals surface area contributed by atoms with Gasteiger partial charge >= 0.3 is 5.97 Å². The molecule has 0 aliphatic carbocycles. The van der Waals surface area contributed by atoms with E-state index in [2.05, 4.69) is 25.9 Å². The third-order valence-corrected chi connectivity index (χ3v) is 7.82. The number of hydrogen-bond acceptors (Lipinski definition) is 8. The normalized spacial score (nSPS) is 14.3. The van der Waals surface area contributed by atoms with Gasteiger partial charge in [0, 0.05) is 35.3 Å². The minimum Gasteiger partial charge on any atom is -0.495 e. The van der Waals surface area contributed by atoms with Gasteiger partial charge < -0.3 is 23.5 Å². The van der Waals surface area contributed by atoms with Crippen LogP contribution in [0.5, 0.6) is 11.6 Å². The Morgan fingerprint density at radius 3 is 2.68 bits per heavy atom. The zero-order valence-electron chi connectivity index (χ0n) is 23.9. The van der Waals surface area contributed by atoms with E-state index in [1.165, 1.54) is 20.3 Å². The van der Waals surface area contributed by atoms with Crippen LogP contribution in [-0.2, 0) is 29.0 Å². The molecule has 0 N–H and O–H groups in total. The van der Waals surface area contributed by atoms with Gasteiger partial charge in [-0.05, 0) is 70.4 Å². The predicted octanol–water partition coefficient (Wildman–Crippen LogP) is 6.29. The molecule has 1 saturated heterocycles. The molecule has 226 valence electrons. The molecule has 4 heterocycles. The summed E-state index contributed by atoms with van der Waals surface area (Å²) in [6, 6.07) is 14.0. The van der Waals surface area contributed by atoms with E-state index in [0.29, 0.717) is 47.0 Å². The summed E-state index contributed by atoms with van der Waals surface area (Å²) in [6.07, 6.45) is 2.49. The first kappa shape index (κ1) is 29.6. The maximum absolute atomic E-state index is 15.6. The molecule has 12 heteroatoms. The molecule has 5 aromatic rings. The number of methoxy groups -OCH3 is 2.